The van der Waals surface area contributed by atoms with Crippen molar-refractivity contribution < 1.29 is 14.3 Å². The zero-order valence-electron chi connectivity index (χ0n) is 15.9. The maximum absolute atomic E-state index is 15.3. The Labute approximate surface area is 167 Å². The lowest BCUT2D eigenvalue weighted by Crippen LogP contribution is -2.40. The maximum atomic E-state index is 15.3. The average Bonchev–Trinajstić information content (AvgIpc) is 3.45. The zero-order valence-corrected chi connectivity index (χ0v) is 15.9. The van der Waals surface area contributed by atoms with Crippen LogP contribution in [0.2, 0.25) is 0 Å². The number of anilines is 1. The van der Waals surface area contributed by atoms with Crippen LogP contribution in [0.4, 0.5) is 10.1 Å². The predicted octanol–water partition coefficient (Wildman–Crippen LogP) is 2.34. The Morgan fingerprint density at radius 1 is 1.31 bits per heavy atom. The summed E-state index contributed by atoms with van der Waals surface area (Å²) in [4.78, 5) is 26.3. The number of piperidine rings is 1. The lowest BCUT2D eigenvalue weighted by Gasteiger charge is -2.24. The quantitative estimate of drug-likeness (QED) is 0.781. The van der Waals surface area contributed by atoms with Gasteiger partial charge in [0.05, 0.1) is 22.2 Å². The Hall–Kier alpha value is -2.85. The highest BCUT2D eigenvalue weighted by molar-refractivity contribution is 5.96. The SMILES string of the molecule is C#Cc1c(N2C[C@@H]3CCCN[C@@H]3C2)c(F)cc2c(=O)c(C(=O)O)cn(C3CC3)c12. The van der Waals surface area contributed by atoms with Gasteiger partial charge in [-0.2, -0.15) is 0 Å². The van der Waals surface area contributed by atoms with Gasteiger partial charge in [0.25, 0.3) is 0 Å². The van der Waals surface area contributed by atoms with Gasteiger partial charge < -0.3 is 19.9 Å². The fourth-order valence-corrected chi connectivity index (χ4v) is 4.95. The number of aromatic nitrogens is 1. The molecule has 6 nitrogen and oxygen atoms in total. The van der Waals surface area contributed by atoms with Crippen LogP contribution in [0.25, 0.3) is 10.9 Å². The summed E-state index contributed by atoms with van der Waals surface area (Å²) in [6.07, 6.45) is 11.2. The summed E-state index contributed by atoms with van der Waals surface area (Å²) in [6, 6.07) is 1.57. The molecule has 1 aliphatic carbocycles. The summed E-state index contributed by atoms with van der Waals surface area (Å²) in [7, 11) is 0. The number of aromatic carboxylic acids is 1. The molecule has 3 aliphatic rings. The number of carbonyl (C=O) groups is 1. The molecule has 2 saturated heterocycles. The number of rotatable bonds is 3. The van der Waals surface area contributed by atoms with Crippen molar-refractivity contribution in [2.45, 2.75) is 37.8 Å². The Balaban J connectivity index is 1.74. The van der Waals surface area contributed by atoms with Crippen LogP contribution in [0.3, 0.4) is 0 Å². The fourth-order valence-electron chi connectivity index (χ4n) is 4.95. The van der Waals surface area contributed by atoms with Crippen LogP contribution in [0.1, 0.15) is 47.6 Å². The number of carboxylic acids is 1. The average molecular weight is 395 g/mol. The van der Waals surface area contributed by atoms with Gasteiger partial charge in [-0.3, -0.25) is 4.79 Å². The summed E-state index contributed by atoms with van der Waals surface area (Å²) in [6.45, 7) is 2.36. The van der Waals surface area contributed by atoms with Crippen LogP contribution in [0.15, 0.2) is 17.1 Å². The van der Waals surface area contributed by atoms with Gasteiger partial charge >= 0.3 is 5.97 Å². The molecule has 0 radical (unpaired) electrons. The minimum absolute atomic E-state index is 0.0424. The van der Waals surface area contributed by atoms with E-state index in [1.54, 1.807) is 4.57 Å². The molecule has 0 amide bonds. The van der Waals surface area contributed by atoms with Crippen molar-refractivity contribution in [1.82, 2.24) is 9.88 Å². The first kappa shape index (κ1) is 18.2. The van der Waals surface area contributed by atoms with E-state index in [-0.39, 0.29) is 17.0 Å². The third-order valence-corrected chi connectivity index (χ3v) is 6.47. The molecule has 3 heterocycles. The number of halogens is 1. The molecule has 1 saturated carbocycles. The number of fused-ring (bicyclic) bond motifs is 2. The molecule has 5 rings (SSSR count). The predicted molar refractivity (Wildman–Crippen MR) is 108 cm³/mol. The number of nitrogens with zero attached hydrogens (tertiary/aromatic N) is 2. The monoisotopic (exact) mass is 395 g/mol. The second kappa shape index (κ2) is 6.60. The molecule has 29 heavy (non-hydrogen) atoms. The van der Waals surface area contributed by atoms with Crippen molar-refractivity contribution in [3.05, 3.63) is 39.4 Å². The third-order valence-electron chi connectivity index (χ3n) is 6.47. The number of nitrogens with one attached hydrogen (secondary N) is 1. The fraction of sp³-hybridized carbons (Fsp3) is 0.455. The molecule has 0 unspecified atom stereocenters. The van der Waals surface area contributed by atoms with Crippen LogP contribution in [0.5, 0.6) is 0 Å². The van der Waals surface area contributed by atoms with Crippen LogP contribution in [-0.2, 0) is 0 Å². The highest BCUT2D eigenvalue weighted by atomic mass is 19.1. The van der Waals surface area contributed by atoms with E-state index >= 15 is 4.39 Å². The van der Waals surface area contributed by atoms with Gasteiger partial charge in [-0.15, -0.1) is 6.42 Å². The largest absolute Gasteiger partial charge is 0.477 e. The molecule has 1 aromatic carbocycles. The lowest BCUT2D eigenvalue weighted by molar-refractivity contribution is 0.0695. The molecule has 0 bridgehead atoms. The molecule has 2 N–H and O–H groups in total. The van der Waals surface area contributed by atoms with Crippen LogP contribution < -0.4 is 15.6 Å². The molecule has 3 fully saturated rings. The number of benzene rings is 1. The maximum Gasteiger partial charge on any atom is 0.341 e. The molecule has 2 atom stereocenters. The Bertz CT molecular complexity index is 1120. The topological polar surface area (TPSA) is 74.6 Å². The Morgan fingerprint density at radius 2 is 2.10 bits per heavy atom. The zero-order chi connectivity index (χ0) is 20.3. The molecule has 2 aromatic rings. The van der Waals surface area contributed by atoms with Crippen molar-refractivity contribution in [2.75, 3.05) is 24.5 Å². The van der Waals surface area contributed by atoms with Crippen molar-refractivity contribution in [3.63, 3.8) is 0 Å². The van der Waals surface area contributed by atoms with Crippen LogP contribution >= 0.6 is 0 Å². The van der Waals surface area contributed by atoms with E-state index in [2.05, 4.69) is 11.2 Å². The van der Waals surface area contributed by atoms with Gasteiger partial charge in [-0.25, -0.2) is 9.18 Å². The second-order valence-electron chi connectivity index (χ2n) is 8.31. The summed E-state index contributed by atoms with van der Waals surface area (Å²) >= 11 is 0. The van der Waals surface area contributed by atoms with Crippen molar-refractivity contribution in [1.29, 1.82) is 0 Å². The van der Waals surface area contributed by atoms with E-state index in [0.29, 0.717) is 35.3 Å². The number of hydrogen-bond donors (Lipinski definition) is 2. The van der Waals surface area contributed by atoms with Crippen molar-refractivity contribution >= 4 is 22.6 Å². The van der Waals surface area contributed by atoms with Gasteiger partial charge in [0.15, 0.2) is 0 Å². The number of hydrogen-bond acceptors (Lipinski definition) is 4. The van der Waals surface area contributed by atoms with Gasteiger partial charge in [-0.05, 0) is 44.2 Å². The lowest BCUT2D eigenvalue weighted by atomic mass is 9.94. The normalized spacial score (nSPS) is 23.8. The van der Waals surface area contributed by atoms with E-state index in [1.807, 2.05) is 4.90 Å². The van der Waals surface area contributed by atoms with E-state index in [9.17, 15) is 14.7 Å². The summed E-state index contributed by atoms with van der Waals surface area (Å²) < 4.78 is 17.1. The van der Waals surface area contributed by atoms with Crippen LogP contribution in [0, 0.1) is 24.1 Å². The Kier molecular flexibility index (Phi) is 4.14. The third kappa shape index (κ3) is 2.82. The molecule has 1 aromatic heterocycles. The molecule has 150 valence electrons. The molecular weight excluding hydrogens is 373 g/mol. The minimum Gasteiger partial charge on any atom is -0.477 e. The number of terminal acetylenes is 1. The highest BCUT2D eigenvalue weighted by Gasteiger charge is 2.37. The van der Waals surface area contributed by atoms with Crippen molar-refractivity contribution in [3.8, 4) is 12.3 Å². The highest BCUT2D eigenvalue weighted by Crippen LogP contribution is 2.41. The van der Waals surface area contributed by atoms with Gasteiger partial charge in [0.1, 0.15) is 11.4 Å². The smallest absolute Gasteiger partial charge is 0.341 e. The summed E-state index contributed by atoms with van der Waals surface area (Å²) in [5, 5.41) is 13.0. The van der Waals surface area contributed by atoms with Crippen molar-refractivity contribution in [2.24, 2.45) is 5.92 Å². The number of carboxylic acid groups (broad SMARTS) is 1. The first-order valence-electron chi connectivity index (χ1n) is 10.1. The van der Waals surface area contributed by atoms with Crippen LogP contribution in [-0.4, -0.2) is 41.3 Å². The van der Waals surface area contributed by atoms with E-state index < -0.39 is 17.2 Å². The molecule has 2 aliphatic heterocycles. The minimum atomic E-state index is -1.31. The van der Waals surface area contributed by atoms with Gasteiger partial charge in [-0.1, -0.05) is 5.92 Å². The summed E-state index contributed by atoms with van der Waals surface area (Å²) in [5.41, 5.74) is 0.135. The van der Waals surface area contributed by atoms with Gasteiger partial charge in [0.2, 0.25) is 5.43 Å². The van der Waals surface area contributed by atoms with E-state index in [4.69, 9.17) is 6.42 Å². The Morgan fingerprint density at radius 3 is 2.76 bits per heavy atom. The van der Waals surface area contributed by atoms with E-state index in [0.717, 1.165) is 38.8 Å². The number of pyridine rings is 1. The summed E-state index contributed by atoms with van der Waals surface area (Å²) in [5.74, 6) is 1.20. The molecular formula is C22H22FN3O3. The second-order valence-corrected chi connectivity index (χ2v) is 8.31. The van der Waals surface area contributed by atoms with Gasteiger partial charge in [0, 0.05) is 31.4 Å². The molecule has 7 heteroatoms. The molecule has 0 spiro atoms. The standard InChI is InChI=1S/C22H22FN3O3/c1-2-14-19-15(21(27)16(22(28)29)10-26(19)13-5-6-13)8-17(23)20(14)25-9-12-4-3-7-24-18(12)11-25/h1,8,10,12-13,18,24H,3-7,9,11H2,(H,28,29)/t12-,18+/m0/s1. The van der Waals surface area contributed by atoms with E-state index in [1.165, 1.54) is 12.3 Å². The first-order valence-corrected chi connectivity index (χ1v) is 10.1. The first-order chi connectivity index (χ1) is 14.0.